The van der Waals surface area contributed by atoms with Crippen molar-refractivity contribution in [3.63, 3.8) is 0 Å². The highest BCUT2D eigenvalue weighted by molar-refractivity contribution is 5.99. The lowest BCUT2D eigenvalue weighted by Gasteiger charge is -2.19. The van der Waals surface area contributed by atoms with E-state index in [1.807, 2.05) is 36.4 Å². The second kappa shape index (κ2) is 6.65. The summed E-state index contributed by atoms with van der Waals surface area (Å²) in [6.07, 6.45) is 4.66. The van der Waals surface area contributed by atoms with E-state index < -0.39 is 0 Å². The maximum atomic E-state index is 12.7. The second-order valence-corrected chi connectivity index (χ2v) is 7.21. The fourth-order valence-corrected chi connectivity index (χ4v) is 4.03. The highest BCUT2D eigenvalue weighted by atomic mass is 16.6. The Morgan fingerprint density at radius 2 is 1.85 bits per heavy atom. The average Bonchev–Trinajstić information content (AvgIpc) is 3.09. The molecule has 5 nitrogen and oxygen atoms in total. The van der Waals surface area contributed by atoms with Crippen molar-refractivity contribution in [2.75, 3.05) is 13.2 Å². The van der Waals surface area contributed by atoms with Gasteiger partial charge in [-0.1, -0.05) is 6.07 Å². The van der Waals surface area contributed by atoms with Gasteiger partial charge in [0.2, 0.25) is 0 Å². The first-order chi connectivity index (χ1) is 13.3. The summed E-state index contributed by atoms with van der Waals surface area (Å²) in [6, 6.07) is 11.7. The lowest BCUT2D eigenvalue weighted by Crippen LogP contribution is -2.23. The van der Waals surface area contributed by atoms with Crippen molar-refractivity contribution >= 4 is 16.8 Å². The van der Waals surface area contributed by atoms with Gasteiger partial charge in [-0.15, -0.1) is 0 Å². The molecular formula is C22H22N2O3. The minimum Gasteiger partial charge on any atom is -0.486 e. The summed E-state index contributed by atoms with van der Waals surface area (Å²) in [5.74, 6) is 1.45. The topological polar surface area (TPSA) is 63.4 Å². The van der Waals surface area contributed by atoms with Crippen LogP contribution in [0.15, 0.2) is 36.4 Å². The first-order valence-electron chi connectivity index (χ1n) is 9.58. The van der Waals surface area contributed by atoms with Gasteiger partial charge in [-0.2, -0.15) is 0 Å². The number of hydrogen-bond acceptors (Lipinski definition) is 3. The number of amides is 1. The zero-order chi connectivity index (χ0) is 18.2. The van der Waals surface area contributed by atoms with Crippen LogP contribution in [0.2, 0.25) is 0 Å². The van der Waals surface area contributed by atoms with Crippen molar-refractivity contribution in [1.82, 2.24) is 10.3 Å². The summed E-state index contributed by atoms with van der Waals surface area (Å²) < 4.78 is 11.1. The van der Waals surface area contributed by atoms with E-state index >= 15 is 0 Å². The van der Waals surface area contributed by atoms with Crippen molar-refractivity contribution in [3.05, 3.63) is 58.8 Å². The number of carbonyl (C=O) groups excluding carboxylic acids is 1. The van der Waals surface area contributed by atoms with Gasteiger partial charge in [0.1, 0.15) is 13.2 Å². The molecule has 0 saturated heterocycles. The highest BCUT2D eigenvalue weighted by Gasteiger charge is 2.17. The van der Waals surface area contributed by atoms with Gasteiger partial charge in [0.15, 0.2) is 11.5 Å². The predicted octanol–water partition coefficient (Wildman–Crippen LogP) is 3.75. The van der Waals surface area contributed by atoms with Crippen LogP contribution >= 0.6 is 0 Å². The fraction of sp³-hybridized carbons (Fsp3) is 0.318. The summed E-state index contributed by atoms with van der Waals surface area (Å²) in [5.41, 5.74) is 5.55. The third-order valence-corrected chi connectivity index (χ3v) is 5.42. The zero-order valence-corrected chi connectivity index (χ0v) is 15.1. The Morgan fingerprint density at radius 1 is 1.00 bits per heavy atom. The molecule has 2 heterocycles. The van der Waals surface area contributed by atoms with Gasteiger partial charge < -0.3 is 19.8 Å². The second-order valence-electron chi connectivity index (χ2n) is 7.21. The zero-order valence-electron chi connectivity index (χ0n) is 15.1. The summed E-state index contributed by atoms with van der Waals surface area (Å²) in [6.45, 7) is 1.59. The van der Waals surface area contributed by atoms with Gasteiger partial charge >= 0.3 is 0 Å². The maximum Gasteiger partial charge on any atom is 0.251 e. The van der Waals surface area contributed by atoms with Crippen molar-refractivity contribution in [1.29, 1.82) is 0 Å². The SMILES string of the molecule is O=C(NCc1ccc2c(c1)OCCO2)c1ccc2[nH]c3c(c2c1)CCCC3. The third-order valence-electron chi connectivity index (χ3n) is 5.42. The molecule has 1 amide bonds. The van der Waals surface area contributed by atoms with Crippen molar-refractivity contribution in [2.24, 2.45) is 0 Å². The molecule has 0 unspecified atom stereocenters. The van der Waals surface area contributed by atoms with E-state index in [4.69, 9.17) is 9.47 Å². The number of hydrogen-bond donors (Lipinski definition) is 2. The molecular weight excluding hydrogens is 340 g/mol. The number of H-pyrrole nitrogens is 1. The lowest BCUT2D eigenvalue weighted by molar-refractivity contribution is 0.0951. The Balaban J connectivity index is 1.33. The highest BCUT2D eigenvalue weighted by Crippen LogP contribution is 2.31. The molecule has 27 heavy (non-hydrogen) atoms. The smallest absolute Gasteiger partial charge is 0.251 e. The van der Waals surface area contributed by atoms with Crippen LogP contribution in [0.3, 0.4) is 0 Å². The van der Waals surface area contributed by atoms with Gasteiger partial charge in [0.05, 0.1) is 0 Å². The standard InChI is InChI=1S/C22H22N2O3/c25-22(23-13-14-5-8-20-21(11-14)27-10-9-26-20)15-6-7-19-17(12-15)16-3-1-2-4-18(16)24-19/h5-8,11-12,24H,1-4,9-10,13H2,(H,23,25). The Bertz CT molecular complexity index is 1020. The minimum atomic E-state index is -0.0578. The number of carbonyl (C=O) groups is 1. The molecule has 2 N–H and O–H groups in total. The van der Waals surface area contributed by atoms with Crippen LogP contribution in [0.25, 0.3) is 10.9 Å². The van der Waals surface area contributed by atoms with E-state index in [1.165, 1.54) is 29.5 Å². The first-order valence-corrected chi connectivity index (χ1v) is 9.58. The number of aromatic nitrogens is 1. The molecule has 0 bridgehead atoms. The van der Waals surface area contributed by atoms with Crippen LogP contribution in [-0.4, -0.2) is 24.1 Å². The van der Waals surface area contributed by atoms with E-state index in [-0.39, 0.29) is 5.91 Å². The molecule has 0 fully saturated rings. The Labute approximate surface area is 157 Å². The Morgan fingerprint density at radius 3 is 2.78 bits per heavy atom. The molecule has 138 valence electrons. The summed E-state index contributed by atoms with van der Waals surface area (Å²) >= 11 is 0. The van der Waals surface area contributed by atoms with E-state index in [9.17, 15) is 4.79 Å². The van der Waals surface area contributed by atoms with E-state index in [0.29, 0.717) is 25.3 Å². The molecule has 0 saturated carbocycles. The van der Waals surface area contributed by atoms with Crippen molar-refractivity contribution in [2.45, 2.75) is 32.2 Å². The minimum absolute atomic E-state index is 0.0578. The molecule has 0 radical (unpaired) electrons. The molecule has 5 rings (SSSR count). The molecule has 0 atom stereocenters. The molecule has 2 aliphatic rings. The van der Waals surface area contributed by atoms with E-state index in [1.54, 1.807) is 0 Å². The Hall–Kier alpha value is -2.95. The largest absolute Gasteiger partial charge is 0.486 e. The molecule has 1 aliphatic heterocycles. The summed E-state index contributed by atoms with van der Waals surface area (Å²) in [5, 5.41) is 4.20. The van der Waals surface area contributed by atoms with Crippen LogP contribution in [0, 0.1) is 0 Å². The first kappa shape index (κ1) is 16.2. The van der Waals surface area contributed by atoms with Crippen LogP contribution in [0.4, 0.5) is 0 Å². The van der Waals surface area contributed by atoms with Gasteiger partial charge in [-0.05, 0) is 67.1 Å². The third kappa shape index (κ3) is 3.03. The summed E-state index contributed by atoms with van der Waals surface area (Å²) in [7, 11) is 0. The number of aromatic amines is 1. The lowest BCUT2D eigenvalue weighted by atomic mass is 9.95. The van der Waals surface area contributed by atoms with Gasteiger partial charge in [-0.25, -0.2) is 0 Å². The van der Waals surface area contributed by atoms with Crippen LogP contribution < -0.4 is 14.8 Å². The van der Waals surface area contributed by atoms with Gasteiger partial charge in [0.25, 0.3) is 5.91 Å². The van der Waals surface area contributed by atoms with Crippen molar-refractivity contribution in [3.8, 4) is 11.5 Å². The molecule has 0 spiro atoms. The number of ether oxygens (including phenoxy) is 2. The van der Waals surface area contributed by atoms with Gasteiger partial charge in [0, 0.05) is 28.7 Å². The predicted molar refractivity (Wildman–Crippen MR) is 104 cm³/mol. The molecule has 1 aromatic heterocycles. The normalized spacial score (nSPS) is 15.4. The summed E-state index contributed by atoms with van der Waals surface area (Å²) in [4.78, 5) is 16.2. The monoisotopic (exact) mass is 362 g/mol. The number of fused-ring (bicyclic) bond motifs is 4. The maximum absolute atomic E-state index is 12.7. The van der Waals surface area contributed by atoms with Crippen LogP contribution in [0.5, 0.6) is 11.5 Å². The Kier molecular flexibility index (Phi) is 4.00. The molecule has 5 heteroatoms. The number of nitrogens with one attached hydrogen (secondary N) is 2. The van der Waals surface area contributed by atoms with E-state index in [0.717, 1.165) is 35.4 Å². The fourth-order valence-electron chi connectivity index (χ4n) is 4.03. The molecule has 2 aromatic carbocycles. The number of benzene rings is 2. The number of rotatable bonds is 3. The van der Waals surface area contributed by atoms with Gasteiger partial charge in [-0.3, -0.25) is 4.79 Å². The quantitative estimate of drug-likeness (QED) is 0.746. The number of aryl methyl sites for hydroxylation is 2. The van der Waals surface area contributed by atoms with E-state index in [2.05, 4.69) is 10.3 Å². The molecule has 3 aromatic rings. The van der Waals surface area contributed by atoms with Crippen LogP contribution in [-0.2, 0) is 19.4 Å². The molecule has 1 aliphatic carbocycles. The van der Waals surface area contributed by atoms with Crippen molar-refractivity contribution < 1.29 is 14.3 Å². The van der Waals surface area contributed by atoms with Crippen LogP contribution in [0.1, 0.15) is 40.0 Å². The average molecular weight is 362 g/mol.